The SMILES string of the molecule is CCC(N)(CC)COC(=O)Nc1ccc(Cl)c(Cl)c1. The van der Waals surface area contributed by atoms with Gasteiger partial charge in [0.1, 0.15) is 6.61 Å². The Balaban J connectivity index is 2.53. The molecule has 0 heterocycles. The number of ether oxygens (including phenoxy) is 1. The Bertz CT molecular complexity index is 448. The summed E-state index contributed by atoms with van der Waals surface area (Å²) in [6.07, 6.45) is 0.919. The van der Waals surface area contributed by atoms with E-state index in [1.807, 2.05) is 13.8 Å². The van der Waals surface area contributed by atoms with E-state index in [2.05, 4.69) is 5.32 Å². The molecule has 0 fully saturated rings. The summed E-state index contributed by atoms with van der Waals surface area (Å²) in [6, 6.07) is 4.80. The van der Waals surface area contributed by atoms with Crippen molar-refractivity contribution in [3.63, 3.8) is 0 Å². The van der Waals surface area contributed by atoms with Gasteiger partial charge < -0.3 is 10.5 Å². The van der Waals surface area contributed by atoms with Crippen molar-refractivity contribution in [1.82, 2.24) is 0 Å². The molecule has 4 nitrogen and oxygen atoms in total. The number of nitrogens with two attached hydrogens (primary N) is 1. The van der Waals surface area contributed by atoms with Gasteiger partial charge in [0.25, 0.3) is 0 Å². The lowest BCUT2D eigenvalue weighted by molar-refractivity contribution is 0.125. The van der Waals surface area contributed by atoms with Gasteiger partial charge in [-0.05, 0) is 31.0 Å². The van der Waals surface area contributed by atoms with Crippen LogP contribution in [-0.4, -0.2) is 18.2 Å². The first kappa shape index (κ1) is 16.1. The van der Waals surface area contributed by atoms with E-state index in [-0.39, 0.29) is 6.61 Å². The molecule has 19 heavy (non-hydrogen) atoms. The van der Waals surface area contributed by atoms with Crippen LogP contribution >= 0.6 is 23.2 Å². The quantitative estimate of drug-likeness (QED) is 0.862. The molecule has 0 unspecified atom stereocenters. The second kappa shape index (κ2) is 6.98. The summed E-state index contributed by atoms with van der Waals surface area (Å²) < 4.78 is 5.11. The average Bonchev–Trinajstić information content (AvgIpc) is 2.40. The van der Waals surface area contributed by atoms with Crippen molar-refractivity contribution in [3.05, 3.63) is 28.2 Å². The Morgan fingerprint density at radius 3 is 2.47 bits per heavy atom. The third-order valence-electron chi connectivity index (χ3n) is 3.06. The monoisotopic (exact) mass is 304 g/mol. The second-order valence-electron chi connectivity index (χ2n) is 4.40. The molecule has 0 aromatic heterocycles. The molecule has 0 spiro atoms. The topological polar surface area (TPSA) is 64.3 Å². The maximum atomic E-state index is 11.6. The number of amides is 1. The fourth-order valence-corrected chi connectivity index (χ4v) is 1.69. The Kier molecular flexibility index (Phi) is 5.91. The molecule has 0 aliphatic heterocycles. The minimum absolute atomic E-state index is 0.174. The van der Waals surface area contributed by atoms with Gasteiger partial charge in [-0.3, -0.25) is 5.32 Å². The van der Waals surface area contributed by atoms with E-state index in [4.69, 9.17) is 33.7 Å². The molecule has 0 saturated heterocycles. The van der Waals surface area contributed by atoms with E-state index in [9.17, 15) is 4.79 Å². The third kappa shape index (κ3) is 4.90. The van der Waals surface area contributed by atoms with Gasteiger partial charge in [0.05, 0.1) is 10.0 Å². The maximum Gasteiger partial charge on any atom is 0.411 e. The van der Waals surface area contributed by atoms with Gasteiger partial charge in [-0.2, -0.15) is 0 Å². The number of carbonyl (C=O) groups excluding carboxylic acids is 1. The van der Waals surface area contributed by atoms with Crippen molar-refractivity contribution in [2.45, 2.75) is 32.2 Å². The number of hydrogen-bond donors (Lipinski definition) is 2. The number of carbonyl (C=O) groups is 1. The molecule has 0 bridgehead atoms. The van der Waals surface area contributed by atoms with Crippen LogP contribution in [0.5, 0.6) is 0 Å². The van der Waals surface area contributed by atoms with Crippen molar-refractivity contribution in [1.29, 1.82) is 0 Å². The van der Waals surface area contributed by atoms with Gasteiger partial charge in [-0.1, -0.05) is 37.0 Å². The lowest BCUT2D eigenvalue weighted by atomic mass is 9.96. The van der Waals surface area contributed by atoms with E-state index in [1.54, 1.807) is 18.2 Å². The predicted octanol–water partition coefficient (Wildman–Crippen LogP) is 4.06. The van der Waals surface area contributed by atoms with Crippen LogP contribution in [0.2, 0.25) is 10.0 Å². The molecule has 1 aromatic carbocycles. The van der Waals surface area contributed by atoms with Crippen LogP contribution in [0, 0.1) is 0 Å². The maximum absolute atomic E-state index is 11.6. The third-order valence-corrected chi connectivity index (χ3v) is 3.80. The summed E-state index contributed by atoms with van der Waals surface area (Å²) in [5, 5.41) is 3.37. The van der Waals surface area contributed by atoms with Crippen molar-refractivity contribution in [2.75, 3.05) is 11.9 Å². The number of rotatable bonds is 5. The Morgan fingerprint density at radius 1 is 1.32 bits per heavy atom. The Morgan fingerprint density at radius 2 is 1.95 bits per heavy atom. The molecule has 1 amide bonds. The van der Waals surface area contributed by atoms with Gasteiger partial charge in [0.2, 0.25) is 0 Å². The van der Waals surface area contributed by atoms with Crippen LogP contribution in [0.3, 0.4) is 0 Å². The van der Waals surface area contributed by atoms with E-state index in [1.165, 1.54) is 0 Å². The standard InChI is InChI=1S/C13H18Cl2N2O2/c1-3-13(16,4-2)8-19-12(18)17-9-5-6-10(14)11(15)7-9/h5-7H,3-4,8,16H2,1-2H3,(H,17,18). The van der Waals surface area contributed by atoms with E-state index < -0.39 is 11.6 Å². The number of anilines is 1. The summed E-state index contributed by atoms with van der Waals surface area (Å²) in [5.74, 6) is 0. The highest BCUT2D eigenvalue weighted by Crippen LogP contribution is 2.25. The Labute approximate surface area is 123 Å². The van der Waals surface area contributed by atoms with Crippen LogP contribution in [0.15, 0.2) is 18.2 Å². The van der Waals surface area contributed by atoms with E-state index in [0.29, 0.717) is 15.7 Å². The lowest BCUT2D eigenvalue weighted by Crippen LogP contribution is -2.44. The predicted molar refractivity (Wildman–Crippen MR) is 78.9 cm³/mol. The van der Waals surface area contributed by atoms with Gasteiger partial charge in [-0.25, -0.2) is 4.79 Å². The fourth-order valence-electron chi connectivity index (χ4n) is 1.39. The first-order valence-electron chi connectivity index (χ1n) is 6.08. The smallest absolute Gasteiger partial charge is 0.411 e. The van der Waals surface area contributed by atoms with Gasteiger partial charge >= 0.3 is 6.09 Å². The largest absolute Gasteiger partial charge is 0.447 e. The zero-order valence-electron chi connectivity index (χ0n) is 11.0. The van der Waals surface area contributed by atoms with Crippen LogP contribution in [0.4, 0.5) is 10.5 Å². The number of nitrogens with one attached hydrogen (secondary N) is 1. The van der Waals surface area contributed by atoms with Crippen molar-refractivity contribution in [2.24, 2.45) is 5.73 Å². The highest BCUT2D eigenvalue weighted by Gasteiger charge is 2.22. The number of halogens is 2. The van der Waals surface area contributed by atoms with Crippen LogP contribution in [-0.2, 0) is 4.74 Å². The first-order valence-corrected chi connectivity index (χ1v) is 6.83. The molecule has 0 aliphatic carbocycles. The lowest BCUT2D eigenvalue weighted by Gasteiger charge is -2.25. The van der Waals surface area contributed by atoms with Crippen molar-refractivity contribution in [3.8, 4) is 0 Å². The summed E-state index contributed by atoms with van der Waals surface area (Å²) in [7, 11) is 0. The normalized spacial score (nSPS) is 11.2. The second-order valence-corrected chi connectivity index (χ2v) is 5.21. The summed E-state index contributed by atoms with van der Waals surface area (Å²) in [6.45, 7) is 4.10. The summed E-state index contributed by atoms with van der Waals surface area (Å²) in [5.41, 5.74) is 6.08. The molecular formula is C13H18Cl2N2O2. The average molecular weight is 305 g/mol. The van der Waals surface area contributed by atoms with Crippen molar-refractivity contribution < 1.29 is 9.53 Å². The van der Waals surface area contributed by atoms with Gasteiger partial charge in [0.15, 0.2) is 0 Å². The molecule has 106 valence electrons. The van der Waals surface area contributed by atoms with E-state index >= 15 is 0 Å². The molecule has 3 N–H and O–H groups in total. The van der Waals surface area contributed by atoms with Crippen LogP contribution < -0.4 is 11.1 Å². The van der Waals surface area contributed by atoms with Crippen LogP contribution in [0.25, 0.3) is 0 Å². The van der Waals surface area contributed by atoms with E-state index in [0.717, 1.165) is 12.8 Å². The zero-order chi connectivity index (χ0) is 14.5. The molecular weight excluding hydrogens is 287 g/mol. The highest BCUT2D eigenvalue weighted by molar-refractivity contribution is 6.42. The summed E-state index contributed by atoms with van der Waals surface area (Å²) >= 11 is 11.6. The van der Waals surface area contributed by atoms with Crippen molar-refractivity contribution >= 4 is 35.0 Å². The minimum atomic E-state index is -0.560. The zero-order valence-corrected chi connectivity index (χ0v) is 12.5. The molecule has 6 heteroatoms. The van der Waals surface area contributed by atoms with Gasteiger partial charge in [0, 0.05) is 11.2 Å². The van der Waals surface area contributed by atoms with Crippen LogP contribution in [0.1, 0.15) is 26.7 Å². The molecule has 1 rings (SSSR count). The molecule has 0 aliphatic rings. The summed E-state index contributed by atoms with van der Waals surface area (Å²) in [4.78, 5) is 11.6. The molecule has 0 radical (unpaired) electrons. The molecule has 0 saturated carbocycles. The minimum Gasteiger partial charge on any atom is -0.447 e. The number of hydrogen-bond acceptors (Lipinski definition) is 3. The fraction of sp³-hybridized carbons (Fsp3) is 0.462. The molecule has 0 atom stereocenters. The Hall–Kier alpha value is -0.970. The molecule has 1 aromatic rings. The number of benzene rings is 1. The highest BCUT2D eigenvalue weighted by atomic mass is 35.5. The first-order chi connectivity index (χ1) is 8.90. The van der Waals surface area contributed by atoms with Gasteiger partial charge in [-0.15, -0.1) is 0 Å².